The maximum Gasteiger partial charge on any atom is 0.252 e. The molecule has 2 fully saturated rings. The molecule has 26 heavy (non-hydrogen) atoms. The van der Waals surface area contributed by atoms with E-state index in [1.807, 2.05) is 11.0 Å². The van der Waals surface area contributed by atoms with Crippen LogP contribution in [0.4, 0.5) is 4.39 Å². The SMILES string of the molecule is O=C([C@H]1CCCO1)N1CCCCC[C@@H]1c1cc(-c2ccc(F)cc2)on1. The van der Waals surface area contributed by atoms with Gasteiger partial charge in [-0.1, -0.05) is 18.0 Å². The summed E-state index contributed by atoms with van der Waals surface area (Å²) in [4.78, 5) is 14.9. The number of benzene rings is 1. The molecule has 5 nitrogen and oxygen atoms in total. The highest BCUT2D eigenvalue weighted by Crippen LogP contribution is 2.33. The van der Waals surface area contributed by atoms with Crippen LogP contribution in [-0.4, -0.2) is 35.2 Å². The molecular weight excluding hydrogens is 335 g/mol. The summed E-state index contributed by atoms with van der Waals surface area (Å²) in [6, 6.07) is 7.92. The summed E-state index contributed by atoms with van der Waals surface area (Å²) >= 11 is 0. The number of aromatic nitrogens is 1. The number of carbonyl (C=O) groups excluding carboxylic acids is 1. The normalized spacial score (nSPS) is 23.8. The van der Waals surface area contributed by atoms with Gasteiger partial charge in [0, 0.05) is 24.8 Å². The van der Waals surface area contributed by atoms with E-state index in [1.165, 1.54) is 12.1 Å². The van der Waals surface area contributed by atoms with Crippen molar-refractivity contribution in [3.05, 3.63) is 41.8 Å². The van der Waals surface area contributed by atoms with Crippen molar-refractivity contribution in [3.8, 4) is 11.3 Å². The minimum absolute atomic E-state index is 0.0701. The molecule has 1 aromatic heterocycles. The lowest BCUT2D eigenvalue weighted by Crippen LogP contribution is -2.41. The molecule has 4 rings (SSSR count). The number of hydrogen-bond acceptors (Lipinski definition) is 4. The number of halogens is 1. The van der Waals surface area contributed by atoms with Crippen molar-refractivity contribution in [1.29, 1.82) is 0 Å². The third-order valence-corrected chi connectivity index (χ3v) is 5.24. The summed E-state index contributed by atoms with van der Waals surface area (Å²) in [6.45, 7) is 1.38. The summed E-state index contributed by atoms with van der Waals surface area (Å²) in [5.41, 5.74) is 1.54. The monoisotopic (exact) mass is 358 g/mol. The fourth-order valence-corrected chi connectivity index (χ4v) is 3.83. The predicted molar refractivity (Wildman–Crippen MR) is 93.8 cm³/mol. The molecule has 2 aromatic rings. The molecule has 0 unspecified atom stereocenters. The Balaban J connectivity index is 1.58. The van der Waals surface area contributed by atoms with E-state index in [2.05, 4.69) is 5.16 Å². The number of hydrogen-bond donors (Lipinski definition) is 0. The van der Waals surface area contributed by atoms with Crippen molar-refractivity contribution in [3.63, 3.8) is 0 Å². The van der Waals surface area contributed by atoms with Gasteiger partial charge in [-0.15, -0.1) is 0 Å². The maximum absolute atomic E-state index is 13.1. The molecule has 0 bridgehead atoms. The highest BCUT2D eigenvalue weighted by Gasteiger charge is 2.35. The van der Waals surface area contributed by atoms with E-state index >= 15 is 0 Å². The van der Waals surface area contributed by atoms with Gasteiger partial charge in [0.1, 0.15) is 17.6 Å². The van der Waals surface area contributed by atoms with E-state index in [0.717, 1.165) is 56.3 Å². The van der Waals surface area contributed by atoms with E-state index in [4.69, 9.17) is 9.26 Å². The first kappa shape index (κ1) is 17.2. The third-order valence-electron chi connectivity index (χ3n) is 5.24. The number of rotatable bonds is 3. The Morgan fingerprint density at radius 1 is 1.12 bits per heavy atom. The molecule has 3 heterocycles. The minimum atomic E-state index is -0.320. The Labute approximate surface area is 152 Å². The molecule has 2 atom stereocenters. The van der Waals surface area contributed by atoms with Crippen molar-refractivity contribution in [2.24, 2.45) is 0 Å². The average Bonchev–Trinajstić information content (AvgIpc) is 3.30. The summed E-state index contributed by atoms with van der Waals surface area (Å²) in [5.74, 6) is 0.375. The highest BCUT2D eigenvalue weighted by molar-refractivity contribution is 5.81. The molecule has 138 valence electrons. The zero-order chi connectivity index (χ0) is 17.9. The van der Waals surface area contributed by atoms with Crippen molar-refractivity contribution in [2.75, 3.05) is 13.2 Å². The molecule has 1 aromatic carbocycles. The number of ether oxygens (including phenoxy) is 1. The molecule has 2 aliphatic rings. The standard InChI is InChI=1S/C20H23FN2O3/c21-15-9-7-14(8-10-15)19-13-16(22-26-19)17-5-2-1-3-11-23(17)20(24)18-6-4-12-25-18/h7-10,13,17-18H,1-6,11-12H2/t17-,18-/m1/s1. The molecule has 6 heteroatoms. The van der Waals surface area contributed by atoms with Gasteiger partial charge in [-0.05, 0) is 49.9 Å². The van der Waals surface area contributed by atoms with Crippen molar-refractivity contribution < 1.29 is 18.4 Å². The Morgan fingerprint density at radius 3 is 2.73 bits per heavy atom. The Kier molecular flexibility index (Phi) is 5.02. The van der Waals surface area contributed by atoms with Gasteiger partial charge < -0.3 is 14.2 Å². The lowest BCUT2D eigenvalue weighted by molar-refractivity contribution is -0.143. The predicted octanol–water partition coefficient (Wildman–Crippen LogP) is 4.10. The van der Waals surface area contributed by atoms with Crippen LogP contribution in [0, 0.1) is 5.82 Å². The van der Waals surface area contributed by atoms with Crippen LogP contribution in [0.1, 0.15) is 50.3 Å². The van der Waals surface area contributed by atoms with Gasteiger partial charge in [-0.2, -0.15) is 0 Å². The molecule has 0 N–H and O–H groups in total. The molecule has 0 aliphatic carbocycles. The second-order valence-corrected chi connectivity index (χ2v) is 7.02. The Bertz CT molecular complexity index is 753. The lowest BCUT2D eigenvalue weighted by Gasteiger charge is -2.30. The summed E-state index contributed by atoms with van der Waals surface area (Å²) in [6.07, 6.45) is 5.44. The molecule has 1 amide bonds. The molecular formula is C20H23FN2O3. The molecule has 2 saturated heterocycles. The fraction of sp³-hybridized carbons (Fsp3) is 0.500. The second kappa shape index (κ2) is 7.58. The maximum atomic E-state index is 13.1. The molecule has 0 spiro atoms. The Hall–Kier alpha value is -2.21. The van der Waals surface area contributed by atoms with Crippen LogP contribution in [0.15, 0.2) is 34.9 Å². The first-order chi connectivity index (χ1) is 12.7. The number of carbonyl (C=O) groups is 1. The molecule has 0 saturated carbocycles. The van der Waals surface area contributed by atoms with E-state index in [0.29, 0.717) is 12.4 Å². The number of likely N-dealkylation sites (tertiary alicyclic amines) is 1. The van der Waals surface area contributed by atoms with Crippen molar-refractivity contribution in [2.45, 2.75) is 50.7 Å². The third kappa shape index (κ3) is 3.51. The van der Waals surface area contributed by atoms with E-state index < -0.39 is 0 Å². The highest BCUT2D eigenvalue weighted by atomic mass is 19.1. The van der Waals surface area contributed by atoms with Crippen molar-refractivity contribution in [1.82, 2.24) is 10.1 Å². The summed E-state index contributed by atoms with van der Waals surface area (Å²) in [5, 5.41) is 4.24. The zero-order valence-corrected chi connectivity index (χ0v) is 14.7. The quantitative estimate of drug-likeness (QED) is 0.829. The van der Waals surface area contributed by atoms with Gasteiger partial charge in [0.15, 0.2) is 5.76 Å². The van der Waals surface area contributed by atoms with Crippen LogP contribution in [0.2, 0.25) is 0 Å². The lowest BCUT2D eigenvalue weighted by atomic mass is 10.0. The smallest absolute Gasteiger partial charge is 0.252 e. The van der Waals surface area contributed by atoms with Crippen LogP contribution < -0.4 is 0 Å². The van der Waals surface area contributed by atoms with Gasteiger partial charge in [-0.3, -0.25) is 4.79 Å². The van der Waals surface area contributed by atoms with E-state index in [9.17, 15) is 9.18 Å². The largest absolute Gasteiger partial charge is 0.368 e. The first-order valence-corrected chi connectivity index (χ1v) is 9.37. The van der Waals surface area contributed by atoms with Gasteiger partial charge in [-0.25, -0.2) is 4.39 Å². The average molecular weight is 358 g/mol. The van der Waals surface area contributed by atoms with Crippen LogP contribution in [0.25, 0.3) is 11.3 Å². The van der Waals surface area contributed by atoms with Crippen LogP contribution in [0.5, 0.6) is 0 Å². The van der Waals surface area contributed by atoms with Gasteiger partial charge >= 0.3 is 0 Å². The number of nitrogens with zero attached hydrogens (tertiary/aromatic N) is 2. The summed E-state index contributed by atoms with van der Waals surface area (Å²) in [7, 11) is 0. The number of amides is 1. The topological polar surface area (TPSA) is 55.6 Å². The Morgan fingerprint density at radius 2 is 1.96 bits per heavy atom. The second-order valence-electron chi connectivity index (χ2n) is 7.02. The van der Waals surface area contributed by atoms with E-state index in [1.54, 1.807) is 12.1 Å². The minimum Gasteiger partial charge on any atom is -0.368 e. The fourth-order valence-electron chi connectivity index (χ4n) is 3.83. The van der Waals surface area contributed by atoms with Gasteiger partial charge in [0.05, 0.1) is 6.04 Å². The zero-order valence-electron chi connectivity index (χ0n) is 14.7. The van der Waals surface area contributed by atoms with Crippen LogP contribution in [-0.2, 0) is 9.53 Å². The van der Waals surface area contributed by atoms with Crippen LogP contribution >= 0.6 is 0 Å². The van der Waals surface area contributed by atoms with Crippen molar-refractivity contribution >= 4 is 5.91 Å². The summed E-state index contributed by atoms with van der Waals surface area (Å²) < 4.78 is 24.2. The first-order valence-electron chi connectivity index (χ1n) is 9.37. The molecule has 2 aliphatic heterocycles. The van der Waals surface area contributed by atoms with Crippen LogP contribution in [0.3, 0.4) is 0 Å². The van der Waals surface area contributed by atoms with E-state index in [-0.39, 0.29) is 23.9 Å². The van der Waals surface area contributed by atoms with Gasteiger partial charge in [0.25, 0.3) is 5.91 Å². The van der Waals surface area contributed by atoms with Gasteiger partial charge in [0.2, 0.25) is 0 Å². The molecule has 0 radical (unpaired) electrons.